The predicted octanol–water partition coefficient (Wildman–Crippen LogP) is 6.23. The highest BCUT2D eigenvalue weighted by Gasteiger charge is 2.60. The highest BCUT2D eigenvalue weighted by molar-refractivity contribution is 5.75. The third-order valence-electron chi connectivity index (χ3n) is 15.8. The molecule has 18 nitrogen and oxygen atoms in total. The van der Waals surface area contributed by atoms with Crippen LogP contribution in [0, 0.1) is 34.5 Å². The number of esters is 2. The molecular formula is C57H100O18. The van der Waals surface area contributed by atoms with Crippen LogP contribution in [-0.4, -0.2) is 187 Å². The van der Waals surface area contributed by atoms with Crippen molar-refractivity contribution in [2.75, 3.05) is 26.4 Å². The van der Waals surface area contributed by atoms with Crippen LogP contribution < -0.4 is 0 Å². The molecule has 75 heavy (non-hydrogen) atoms. The van der Waals surface area contributed by atoms with Gasteiger partial charge in [0, 0.05) is 25.7 Å². The van der Waals surface area contributed by atoms with E-state index in [-0.39, 0.29) is 98.3 Å². The Labute approximate surface area is 448 Å². The molecule has 4 N–H and O–H groups in total. The number of aliphatic hydroxyl groups excluding tert-OH is 4. The standard InChI is InChI=1S/C30H52O9.C27H48O9/c1-16(2)23(17(3)4)38-25-21(14-19-15-34-30(8,9)39-19)37-26-22(31)24-20(36-27(25)26)11-10-18(35-24)12-13-33-28(32)29(5,6)7;1-14(2)21(15(3)4)36-23-19(12-16(29)13-28)35-24-20(30)22-18(34-25(23)24)9-8-17(33-22)10-11-32-26(31)27(5,6)7/h16-27,31H,10-15H2,1-9H3;14-25,28-30H,8-13H2,1-7H3/t18?,19-,20+,21-,22-,24+,25+,26+,27+;16-,17?,18+,19-,20-,22+,23+,24+,25+/m11/s1. The van der Waals surface area contributed by atoms with Gasteiger partial charge in [-0.2, -0.15) is 0 Å². The Hall–Kier alpha value is -1.62. The topological polar surface area (TPSA) is 226 Å². The van der Waals surface area contributed by atoms with Crippen molar-refractivity contribution in [1.82, 2.24) is 0 Å². The van der Waals surface area contributed by atoms with E-state index in [0.717, 1.165) is 19.3 Å². The quantitative estimate of drug-likeness (QED) is 0.105. The van der Waals surface area contributed by atoms with Crippen LogP contribution in [0.15, 0.2) is 0 Å². The van der Waals surface area contributed by atoms with E-state index in [4.69, 9.17) is 56.8 Å². The van der Waals surface area contributed by atoms with Gasteiger partial charge in [-0.25, -0.2) is 0 Å². The average Bonchev–Trinajstić information content (AvgIpc) is 3.97. The lowest BCUT2D eigenvalue weighted by Gasteiger charge is -2.47. The van der Waals surface area contributed by atoms with Gasteiger partial charge in [0.2, 0.25) is 0 Å². The zero-order chi connectivity index (χ0) is 55.5. The van der Waals surface area contributed by atoms with Gasteiger partial charge in [0.25, 0.3) is 0 Å². The molecule has 0 spiro atoms. The highest BCUT2D eigenvalue weighted by Crippen LogP contribution is 2.45. The van der Waals surface area contributed by atoms with Gasteiger partial charge < -0.3 is 77.3 Å². The fourth-order valence-electron chi connectivity index (χ4n) is 12.0. The summed E-state index contributed by atoms with van der Waals surface area (Å²) in [7, 11) is 0. The van der Waals surface area contributed by atoms with Crippen LogP contribution >= 0.6 is 0 Å². The third kappa shape index (κ3) is 16.1. The molecule has 18 heteroatoms. The molecule has 0 aromatic heterocycles. The Morgan fingerprint density at radius 2 is 0.987 bits per heavy atom. The molecule has 18 atom stereocenters. The number of fused-ring (bicyclic) bond motifs is 4. The molecule has 0 amide bonds. The molecule has 0 aromatic carbocycles. The van der Waals surface area contributed by atoms with E-state index in [2.05, 4.69) is 55.4 Å². The molecule has 2 unspecified atom stereocenters. The number of hydrogen-bond donors (Lipinski definition) is 4. The first-order valence-corrected chi connectivity index (χ1v) is 28.5. The smallest absolute Gasteiger partial charge is 0.311 e. The van der Waals surface area contributed by atoms with E-state index in [1.807, 2.05) is 55.4 Å². The lowest BCUT2D eigenvalue weighted by molar-refractivity contribution is -0.263. The number of rotatable bonds is 19. The Morgan fingerprint density at radius 3 is 1.36 bits per heavy atom. The summed E-state index contributed by atoms with van der Waals surface area (Å²) in [5, 5.41) is 42.4. The number of aliphatic hydroxyl groups is 4. The highest BCUT2D eigenvalue weighted by atomic mass is 16.7. The van der Waals surface area contributed by atoms with Crippen molar-refractivity contribution in [3.63, 3.8) is 0 Å². The minimum Gasteiger partial charge on any atom is -0.465 e. The first kappa shape index (κ1) is 62.6. The maximum Gasteiger partial charge on any atom is 0.311 e. The Balaban J connectivity index is 0.000000245. The summed E-state index contributed by atoms with van der Waals surface area (Å²) in [6.45, 7) is 32.6. The molecule has 0 aliphatic carbocycles. The number of ether oxygens (including phenoxy) is 12. The second kappa shape index (κ2) is 26.3. The summed E-state index contributed by atoms with van der Waals surface area (Å²) in [4.78, 5) is 24.2. The van der Waals surface area contributed by atoms with Crippen LogP contribution in [0.3, 0.4) is 0 Å². The lowest BCUT2D eigenvalue weighted by atomic mass is 9.87. The second-order valence-electron chi connectivity index (χ2n) is 26.4. The second-order valence-corrected chi connectivity index (χ2v) is 26.4. The van der Waals surface area contributed by atoms with E-state index in [1.54, 1.807) is 0 Å². The molecule has 0 saturated carbocycles. The zero-order valence-corrected chi connectivity index (χ0v) is 48.3. The van der Waals surface area contributed by atoms with E-state index in [9.17, 15) is 30.0 Å². The molecule has 0 bridgehead atoms. The van der Waals surface area contributed by atoms with E-state index in [0.29, 0.717) is 50.7 Å². The molecule has 436 valence electrons. The SMILES string of the molecule is CC(C)C(O[C@@H]1[C@@H]2O[C@H]3CCC(CCOC(=O)C(C)(C)C)O[C@@H]3[C@@H](O)[C@@H]2O[C@@H]1C[C@@H](O)CO)C(C)C.CC(C)C(O[C@@H]1[C@@H]2O[C@H]3CCC(CCOC(=O)C(C)(C)C)O[C@@H]3[C@@H](O)[C@@H]2O[C@@H]1C[C@@H]1COC(C)(C)O1)C(C)C. The summed E-state index contributed by atoms with van der Waals surface area (Å²) in [6, 6.07) is 0. The van der Waals surface area contributed by atoms with Crippen LogP contribution in [0.5, 0.6) is 0 Å². The van der Waals surface area contributed by atoms with Crippen molar-refractivity contribution in [3.05, 3.63) is 0 Å². The van der Waals surface area contributed by atoms with E-state index < -0.39 is 83.8 Å². The van der Waals surface area contributed by atoms with Gasteiger partial charge in [0.05, 0.1) is 98.3 Å². The Kier molecular flexibility index (Phi) is 22.0. The first-order valence-electron chi connectivity index (χ1n) is 28.5. The van der Waals surface area contributed by atoms with Crippen molar-refractivity contribution in [3.8, 4) is 0 Å². The largest absolute Gasteiger partial charge is 0.465 e. The van der Waals surface area contributed by atoms with Gasteiger partial charge in [0.15, 0.2) is 5.79 Å². The minimum atomic E-state index is -0.950. The van der Waals surface area contributed by atoms with Crippen LogP contribution in [0.1, 0.15) is 162 Å². The summed E-state index contributed by atoms with van der Waals surface area (Å²) >= 11 is 0. The summed E-state index contributed by atoms with van der Waals surface area (Å²) in [6.07, 6.45) is -3.60. The van der Waals surface area contributed by atoms with Crippen molar-refractivity contribution in [1.29, 1.82) is 0 Å². The molecule has 0 radical (unpaired) electrons. The van der Waals surface area contributed by atoms with Crippen molar-refractivity contribution >= 4 is 11.9 Å². The number of carbonyl (C=O) groups is 2. The molecular weight excluding hydrogens is 973 g/mol. The number of hydrogen-bond acceptors (Lipinski definition) is 18. The summed E-state index contributed by atoms with van der Waals surface area (Å²) in [5.74, 6) is 0.0732. The zero-order valence-electron chi connectivity index (χ0n) is 48.3. The van der Waals surface area contributed by atoms with Crippen molar-refractivity contribution in [2.24, 2.45) is 34.5 Å². The first-order chi connectivity index (χ1) is 35.0. The molecule has 7 rings (SSSR count). The van der Waals surface area contributed by atoms with Crippen LogP contribution in [0.4, 0.5) is 0 Å². The monoisotopic (exact) mass is 1070 g/mol. The fraction of sp³-hybridized carbons (Fsp3) is 0.965. The lowest BCUT2D eigenvalue weighted by Crippen LogP contribution is -2.61. The maximum absolute atomic E-state index is 12.1. The molecule has 7 fully saturated rings. The van der Waals surface area contributed by atoms with Crippen LogP contribution in [0.25, 0.3) is 0 Å². The van der Waals surface area contributed by atoms with Gasteiger partial charge in [-0.15, -0.1) is 0 Å². The van der Waals surface area contributed by atoms with Crippen molar-refractivity contribution in [2.45, 2.75) is 290 Å². The molecule has 7 heterocycles. The third-order valence-corrected chi connectivity index (χ3v) is 15.8. The molecule has 7 saturated heterocycles. The molecule has 7 aliphatic rings. The van der Waals surface area contributed by atoms with Crippen molar-refractivity contribution < 1.29 is 86.9 Å². The predicted molar refractivity (Wildman–Crippen MR) is 276 cm³/mol. The van der Waals surface area contributed by atoms with Gasteiger partial charge in [-0.05, 0) is 105 Å². The molecule has 7 aliphatic heterocycles. The summed E-state index contributed by atoms with van der Waals surface area (Å²) in [5.41, 5.74) is -1.09. The van der Waals surface area contributed by atoms with E-state index >= 15 is 0 Å². The van der Waals surface area contributed by atoms with E-state index in [1.165, 1.54) is 0 Å². The maximum atomic E-state index is 12.1. The Morgan fingerprint density at radius 1 is 0.573 bits per heavy atom. The minimum absolute atomic E-state index is 0.0262. The average molecular weight is 1070 g/mol. The number of carbonyl (C=O) groups excluding carboxylic acids is 2. The Bertz CT molecular complexity index is 1760. The summed E-state index contributed by atoms with van der Waals surface area (Å²) < 4.78 is 74.5. The van der Waals surface area contributed by atoms with Crippen LogP contribution in [-0.2, 0) is 66.4 Å². The van der Waals surface area contributed by atoms with Gasteiger partial charge in [-0.3, -0.25) is 9.59 Å². The normalized spacial score (nSPS) is 37.1. The molecule has 0 aromatic rings. The van der Waals surface area contributed by atoms with Crippen LogP contribution in [0.2, 0.25) is 0 Å². The fourth-order valence-corrected chi connectivity index (χ4v) is 12.0. The van der Waals surface area contributed by atoms with Gasteiger partial charge in [0.1, 0.15) is 61.0 Å². The van der Waals surface area contributed by atoms with Gasteiger partial charge >= 0.3 is 11.9 Å². The van der Waals surface area contributed by atoms with Gasteiger partial charge in [-0.1, -0.05) is 55.4 Å².